The van der Waals surface area contributed by atoms with Gasteiger partial charge in [-0.1, -0.05) is 13.3 Å². The van der Waals surface area contributed by atoms with Crippen LogP contribution < -0.4 is 5.32 Å². The smallest absolute Gasteiger partial charge is 0.324 e. The Kier molecular flexibility index (Phi) is 4.28. The summed E-state index contributed by atoms with van der Waals surface area (Å²) in [5.41, 5.74) is 0. The molecule has 0 aromatic rings. The summed E-state index contributed by atoms with van der Waals surface area (Å²) < 4.78 is 0. The molecule has 90 valence electrons. The molecule has 0 saturated carbocycles. The highest BCUT2D eigenvalue weighted by Crippen LogP contribution is 2.12. The standard InChI is InChI=1S/C10H16N2O4/c1-2-3-6-12-9(15)7(11-10(12)16)4-5-8(13)14/h7H,2-6H2,1H3,(H,11,16)(H,13,14). The summed E-state index contributed by atoms with van der Waals surface area (Å²) in [6.07, 6.45) is 1.71. The van der Waals surface area contributed by atoms with Crippen molar-refractivity contribution in [2.75, 3.05) is 6.54 Å². The van der Waals surface area contributed by atoms with E-state index in [9.17, 15) is 14.4 Å². The molecule has 0 spiro atoms. The first-order chi connectivity index (χ1) is 7.56. The van der Waals surface area contributed by atoms with Gasteiger partial charge in [0.1, 0.15) is 6.04 Å². The van der Waals surface area contributed by atoms with Crippen LogP contribution in [0.3, 0.4) is 0 Å². The van der Waals surface area contributed by atoms with Crippen LogP contribution in [0.1, 0.15) is 32.6 Å². The van der Waals surface area contributed by atoms with Gasteiger partial charge in [0, 0.05) is 13.0 Å². The third-order valence-electron chi connectivity index (χ3n) is 2.49. The number of carboxylic acids is 1. The molecule has 3 amide bonds. The molecule has 1 fully saturated rings. The SMILES string of the molecule is CCCCN1C(=O)NC(CCC(=O)O)C1=O. The Morgan fingerprint density at radius 2 is 2.19 bits per heavy atom. The fraction of sp³-hybridized carbons (Fsp3) is 0.700. The summed E-state index contributed by atoms with van der Waals surface area (Å²) >= 11 is 0. The fourth-order valence-electron chi connectivity index (χ4n) is 1.57. The molecule has 1 heterocycles. The van der Waals surface area contributed by atoms with Crippen LogP contribution in [0.25, 0.3) is 0 Å². The van der Waals surface area contributed by atoms with Crippen LogP contribution in [-0.4, -0.2) is 40.5 Å². The van der Waals surface area contributed by atoms with Crippen molar-refractivity contribution in [1.82, 2.24) is 10.2 Å². The van der Waals surface area contributed by atoms with E-state index in [1.54, 1.807) is 0 Å². The molecule has 6 heteroatoms. The van der Waals surface area contributed by atoms with Gasteiger partial charge >= 0.3 is 12.0 Å². The molecule has 0 aromatic carbocycles. The maximum Gasteiger partial charge on any atom is 0.324 e. The Bertz CT molecular complexity index is 303. The first-order valence-corrected chi connectivity index (χ1v) is 5.40. The van der Waals surface area contributed by atoms with E-state index in [-0.39, 0.29) is 18.7 Å². The number of hydrogen-bond donors (Lipinski definition) is 2. The first kappa shape index (κ1) is 12.5. The zero-order valence-corrected chi connectivity index (χ0v) is 9.23. The highest BCUT2D eigenvalue weighted by atomic mass is 16.4. The largest absolute Gasteiger partial charge is 0.481 e. The number of amides is 3. The Morgan fingerprint density at radius 3 is 2.75 bits per heavy atom. The van der Waals surface area contributed by atoms with Gasteiger partial charge in [0.15, 0.2) is 0 Å². The van der Waals surface area contributed by atoms with Crippen molar-refractivity contribution in [3.05, 3.63) is 0 Å². The van der Waals surface area contributed by atoms with Gasteiger partial charge in [-0.3, -0.25) is 14.5 Å². The number of hydrogen-bond acceptors (Lipinski definition) is 3. The zero-order valence-electron chi connectivity index (χ0n) is 9.23. The van der Waals surface area contributed by atoms with Crippen LogP contribution in [0.15, 0.2) is 0 Å². The quantitative estimate of drug-likeness (QED) is 0.651. The average molecular weight is 228 g/mol. The molecule has 1 rings (SSSR count). The molecule has 0 radical (unpaired) electrons. The maximum atomic E-state index is 11.7. The van der Waals surface area contributed by atoms with E-state index in [1.165, 1.54) is 0 Å². The topological polar surface area (TPSA) is 86.7 Å². The van der Waals surface area contributed by atoms with Crippen LogP contribution in [0, 0.1) is 0 Å². The van der Waals surface area contributed by atoms with E-state index in [2.05, 4.69) is 5.32 Å². The summed E-state index contributed by atoms with van der Waals surface area (Å²) in [7, 11) is 0. The molecule has 1 unspecified atom stereocenters. The van der Waals surface area contributed by atoms with Crippen LogP contribution in [-0.2, 0) is 9.59 Å². The molecule has 1 aliphatic rings. The van der Waals surface area contributed by atoms with Crippen molar-refractivity contribution in [2.45, 2.75) is 38.6 Å². The van der Waals surface area contributed by atoms with Gasteiger partial charge in [-0.15, -0.1) is 0 Å². The predicted molar refractivity (Wildman–Crippen MR) is 55.8 cm³/mol. The minimum absolute atomic E-state index is 0.113. The monoisotopic (exact) mass is 228 g/mol. The first-order valence-electron chi connectivity index (χ1n) is 5.40. The number of unbranched alkanes of at least 4 members (excludes halogenated alkanes) is 1. The highest BCUT2D eigenvalue weighted by molar-refractivity contribution is 6.04. The fourth-order valence-corrected chi connectivity index (χ4v) is 1.57. The normalized spacial score (nSPS) is 20.1. The van der Waals surface area contributed by atoms with Crippen LogP contribution in [0.5, 0.6) is 0 Å². The summed E-state index contributed by atoms with van der Waals surface area (Å²) in [5, 5.41) is 11.0. The number of urea groups is 1. The second kappa shape index (κ2) is 5.48. The predicted octanol–water partition coefficient (Wildman–Crippen LogP) is 0.572. The molecule has 16 heavy (non-hydrogen) atoms. The van der Waals surface area contributed by atoms with E-state index in [1.807, 2.05) is 6.92 Å². The number of nitrogens with one attached hydrogen (secondary N) is 1. The molecular formula is C10H16N2O4. The van der Waals surface area contributed by atoms with Gasteiger partial charge in [0.05, 0.1) is 0 Å². The lowest BCUT2D eigenvalue weighted by atomic mass is 10.1. The van der Waals surface area contributed by atoms with Gasteiger partial charge in [0.25, 0.3) is 5.91 Å². The van der Waals surface area contributed by atoms with Crippen molar-refractivity contribution >= 4 is 17.9 Å². The van der Waals surface area contributed by atoms with E-state index in [0.29, 0.717) is 6.54 Å². The molecular weight excluding hydrogens is 212 g/mol. The molecule has 0 aromatic heterocycles. The zero-order chi connectivity index (χ0) is 12.1. The number of nitrogens with zero attached hydrogens (tertiary/aromatic N) is 1. The van der Waals surface area contributed by atoms with E-state index < -0.39 is 18.0 Å². The number of aliphatic carboxylic acids is 1. The van der Waals surface area contributed by atoms with Gasteiger partial charge in [-0.2, -0.15) is 0 Å². The van der Waals surface area contributed by atoms with E-state index in [0.717, 1.165) is 17.7 Å². The summed E-state index contributed by atoms with van der Waals surface area (Å²) in [4.78, 5) is 34.6. The number of carbonyl (C=O) groups is 3. The molecule has 6 nitrogen and oxygen atoms in total. The van der Waals surface area contributed by atoms with Gasteiger partial charge < -0.3 is 10.4 Å². The number of carbonyl (C=O) groups excluding carboxylic acids is 2. The van der Waals surface area contributed by atoms with E-state index >= 15 is 0 Å². The average Bonchev–Trinajstić information content (AvgIpc) is 2.49. The van der Waals surface area contributed by atoms with Gasteiger partial charge in [0.2, 0.25) is 0 Å². The lowest BCUT2D eigenvalue weighted by molar-refractivity contribution is -0.137. The minimum Gasteiger partial charge on any atom is -0.481 e. The third kappa shape index (κ3) is 2.95. The van der Waals surface area contributed by atoms with Gasteiger partial charge in [-0.05, 0) is 12.8 Å². The van der Waals surface area contributed by atoms with E-state index in [4.69, 9.17) is 5.11 Å². The molecule has 0 aliphatic carbocycles. The summed E-state index contributed by atoms with van der Waals surface area (Å²) in [6.45, 7) is 2.38. The molecule has 1 atom stereocenters. The van der Waals surface area contributed by atoms with Crippen molar-refractivity contribution < 1.29 is 19.5 Å². The molecule has 1 aliphatic heterocycles. The molecule has 0 bridgehead atoms. The Labute approximate surface area is 93.6 Å². The van der Waals surface area contributed by atoms with Crippen LogP contribution in [0.4, 0.5) is 4.79 Å². The highest BCUT2D eigenvalue weighted by Gasteiger charge is 2.37. The lowest BCUT2D eigenvalue weighted by Crippen LogP contribution is -2.32. The number of rotatable bonds is 6. The summed E-state index contributed by atoms with van der Waals surface area (Å²) in [6, 6.07) is -1.07. The Balaban J connectivity index is 2.49. The third-order valence-corrected chi connectivity index (χ3v) is 2.49. The van der Waals surface area contributed by atoms with Crippen molar-refractivity contribution in [3.8, 4) is 0 Å². The lowest BCUT2D eigenvalue weighted by Gasteiger charge is -2.11. The summed E-state index contributed by atoms with van der Waals surface area (Å²) in [5.74, 6) is -1.27. The second-order valence-electron chi connectivity index (χ2n) is 3.78. The molecule has 2 N–H and O–H groups in total. The number of imide groups is 1. The van der Waals surface area contributed by atoms with Crippen LogP contribution >= 0.6 is 0 Å². The Hall–Kier alpha value is -1.59. The maximum absolute atomic E-state index is 11.7. The number of carboxylic acid groups (broad SMARTS) is 1. The minimum atomic E-state index is -0.964. The van der Waals surface area contributed by atoms with Crippen molar-refractivity contribution in [3.63, 3.8) is 0 Å². The van der Waals surface area contributed by atoms with Crippen molar-refractivity contribution in [1.29, 1.82) is 0 Å². The second-order valence-corrected chi connectivity index (χ2v) is 3.78. The Morgan fingerprint density at radius 1 is 1.50 bits per heavy atom. The van der Waals surface area contributed by atoms with Gasteiger partial charge in [-0.25, -0.2) is 4.79 Å². The van der Waals surface area contributed by atoms with Crippen LogP contribution in [0.2, 0.25) is 0 Å². The molecule has 1 saturated heterocycles. The van der Waals surface area contributed by atoms with Crippen molar-refractivity contribution in [2.24, 2.45) is 0 Å².